The summed E-state index contributed by atoms with van der Waals surface area (Å²) in [5.74, 6) is 0.632. The van der Waals surface area contributed by atoms with Gasteiger partial charge in [0.2, 0.25) is 0 Å². The second-order valence-corrected chi connectivity index (χ2v) is 3.64. The number of para-hydroxylation sites is 1. The molecule has 1 aromatic carbocycles. The van der Waals surface area contributed by atoms with Gasteiger partial charge in [-0.05, 0) is 20.0 Å². The van der Waals surface area contributed by atoms with Crippen LogP contribution >= 0.6 is 0 Å². The van der Waals surface area contributed by atoms with Crippen LogP contribution in [-0.2, 0) is 11.3 Å². The fourth-order valence-corrected chi connectivity index (χ4v) is 1.42. The van der Waals surface area contributed by atoms with Crippen molar-refractivity contribution in [2.24, 2.45) is 5.73 Å². The molecule has 0 aliphatic rings. The Labute approximate surface area is 101 Å². The summed E-state index contributed by atoms with van der Waals surface area (Å²) in [4.78, 5) is 11.0. The van der Waals surface area contributed by atoms with Crippen molar-refractivity contribution in [1.82, 2.24) is 5.32 Å². The molecule has 94 valence electrons. The van der Waals surface area contributed by atoms with Gasteiger partial charge >= 0.3 is 0 Å². The highest BCUT2D eigenvalue weighted by atomic mass is 16.5. The molecule has 1 rings (SSSR count). The van der Waals surface area contributed by atoms with Crippen molar-refractivity contribution in [2.45, 2.75) is 19.6 Å². The highest BCUT2D eigenvalue weighted by Crippen LogP contribution is 2.31. The van der Waals surface area contributed by atoms with Gasteiger partial charge in [-0.15, -0.1) is 0 Å². The number of ether oxygens (including phenoxy) is 2. The number of nitrogens with two attached hydrogens (primary N) is 1. The molecule has 0 saturated carbocycles. The predicted octanol–water partition coefficient (Wildman–Crippen LogP) is 0.667. The first kappa shape index (κ1) is 13.3. The number of amides is 1. The van der Waals surface area contributed by atoms with Crippen molar-refractivity contribution < 1.29 is 14.3 Å². The minimum atomic E-state index is -0.693. The Hall–Kier alpha value is -1.75. The molecule has 0 aliphatic heterocycles. The highest BCUT2D eigenvalue weighted by molar-refractivity contribution is 5.78. The lowest BCUT2D eigenvalue weighted by molar-refractivity contribution is -0.124. The molecule has 0 bridgehead atoms. The molecule has 1 atom stereocenters. The molecule has 1 unspecified atom stereocenters. The molecule has 0 aliphatic carbocycles. The normalized spacial score (nSPS) is 11.9. The third-order valence-corrected chi connectivity index (χ3v) is 2.34. The van der Waals surface area contributed by atoms with Crippen molar-refractivity contribution in [3.8, 4) is 11.5 Å². The van der Waals surface area contributed by atoms with Gasteiger partial charge < -0.3 is 20.5 Å². The number of methoxy groups -OCH3 is 1. The molecule has 0 fully saturated rings. The number of primary amides is 1. The smallest absolute Gasteiger partial charge is 0.258 e. The molecule has 0 heterocycles. The number of carbonyl (C=O) groups excluding carboxylic acids is 1. The van der Waals surface area contributed by atoms with Crippen LogP contribution in [0.3, 0.4) is 0 Å². The van der Waals surface area contributed by atoms with Crippen molar-refractivity contribution in [3.63, 3.8) is 0 Å². The predicted molar refractivity (Wildman–Crippen MR) is 65.0 cm³/mol. The van der Waals surface area contributed by atoms with Crippen LogP contribution < -0.4 is 20.5 Å². The van der Waals surface area contributed by atoms with Gasteiger partial charge in [0.15, 0.2) is 17.6 Å². The van der Waals surface area contributed by atoms with E-state index in [-0.39, 0.29) is 0 Å². The largest absolute Gasteiger partial charge is 0.493 e. The summed E-state index contributed by atoms with van der Waals surface area (Å²) < 4.78 is 10.7. The van der Waals surface area contributed by atoms with Crippen molar-refractivity contribution in [2.75, 3.05) is 14.2 Å². The Morgan fingerprint density at radius 1 is 1.53 bits per heavy atom. The topological polar surface area (TPSA) is 73.6 Å². The minimum absolute atomic E-state index is 0.508. The van der Waals surface area contributed by atoms with E-state index in [4.69, 9.17) is 15.2 Å². The molecular weight excluding hydrogens is 220 g/mol. The highest BCUT2D eigenvalue weighted by Gasteiger charge is 2.16. The fraction of sp³-hybridized carbons (Fsp3) is 0.417. The molecule has 5 heteroatoms. The lowest BCUT2D eigenvalue weighted by Crippen LogP contribution is -2.31. The molecule has 5 nitrogen and oxygen atoms in total. The summed E-state index contributed by atoms with van der Waals surface area (Å²) in [6, 6.07) is 5.55. The zero-order valence-electron chi connectivity index (χ0n) is 10.3. The average molecular weight is 238 g/mol. The van der Waals surface area contributed by atoms with Crippen LogP contribution in [0.4, 0.5) is 0 Å². The lowest BCUT2D eigenvalue weighted by Gasteiger charge is -2.17. The van der Waals surface area contributed by atoms with Gasteiger partial charge in [0.05, 0.1) is 7.11 Å². The van der Waals surface area contributed by atoms with Crippen LogP contribution in [0.15, 0.2) is 18.2 Å². The van der Waals surface area contributed by atoms with Crippen LogP contribution in [-0.4, -0.2) is 26.2 Å². The average Bonchev–Trinajstić information content (AvgIpc) is 2.31. The second-order valence-electron chi connectivity index (χ2n) is 3.64. The molecule has 3 N–H and O–H groups in total. The Bertz CT molecular complexity index is 393. The molecule has 1 amide bonds. The summed E-state index contributed by atoms with van der Waals surface area (Å²) in [5, 5.41) is 3.03. The molecule has 0 spiro atoms. The van der Waals surface area contributed by atoms with E-state index in [9.17, 15) is 4.79 Å². The van der Waals surface area contributed by atoms with E-state index in [1.807, 2.05) is 19.2 Å². The molecule has 0 saturated heterocycles. The summed E-state index contributed by atoms with van der Waals surface area (Å²) >= 11 is 0. The Balaban J connectivity index is 3.03. The Morgan fingerprint density at radius 2 is 2.24 bits per heavy atom. The van der Waals surface area contributed by atoms with Gasteiger partial charge in [0.25, 0.3) is 5.91 Å². The lowest BCUT2D eigenvalue weighted by atomic mass is 10.2. The van der Waals surface area contributed by atoms with Crippen LogP contribution in [0.5, 0.6) is 11.5 Å². The van der Waals surface area contributed by atoms with Gasteiger partial charge in [-0.3, -0.25) is 4.79 Å². The van der Waals surface area contributed by atoms with Crippen molar-refractivity contribution in [1.29, 1.82) is 0 Å². The molecule has 0 radical (unpaired) electrons. The summed E-state index contributed by atoms with van der Waals surface area (Å²) in [5.41, 5.74) is 6.10. The minimum Gasteiger partial charge on any atom is -0.493 e. The van der Waals surface area contributed by atoms with E-state index in [0.29, 0.717) is 18.0 Å². The quantitative estimate of drug-likeness (QED) is 0.764. The maximum atomic E-state index is 11.0. The van der Waals surface area contributed by atoms with Crippen molar-refractivity contribution in [3.05, 3.63) is 23.8 Å². The Morgan fingerprint density at radius 3 is 2.76 bits per heavy atom. The first-order valence-corrected chi connectivity index (χ1v) is 5.36. The molecule has 17 heavy (non-hydrogen) atoms. The van der Waals surface area contributed by atoms with Crippen molar-refractivity contribution >= 4 is 5.91 Å². The zero-order valence-corrected chi connectivity index (χ0v) is 10.3. The third-order valence-electron chi connectivity index (χ3n) is 2.34. The summed E-state index contributed by atoms with van der Waals surface area (Å²) in [6.45, 7) is 2.23. The van der Waals surface area contributed by atoms with Gasteiger partial charge in [0, 0.05) is 12.1 Å². The van der Waals surface area contributed by atoms with Gasteiger partial charge in [-0.1, -0.05) is 12.1 Å². The monoisotopic (exact) mass is 238 g/mol. The van der Waals surface area contributed by atoms with E-state index in [1.165, 1.54) is 0 Å². The van der Waals surface area contributed by atoms with Gasteiger partial charge in [-0.2, -0.15) is 0 Å². The number of nitrogens with one attached hydrogen (secondary N) is 1. The van der Waals surface area contributed by atoms with Crippen LogP contribution in [0.25, 0.3) is 0 Å². The van der Waals surface area contributed by atoms with E-state index in [0.717, 1.165) is 5.56 Å². The van der Waals surface area contributed by atoms with Gasteiger partial charge in [-0.25, -0.2) is 0 Å². The number of carbonyl (C=O) groups is 1. The summed E-state index contributed by atoms with van der Waals surface area (Å²) in [7, 11) is 3.39. The first-order chi connectivity index (χ1) is 8.10. The standard InChI is InChI=1S/C12H18N2O3/c1-8(12(13)15)17-11-9(7-14-2)5-4-6-10(11)16-3/h4-6,8,14H,7H2,1-3H3,(H2,13,15). The number of benzene rings is 1. The third kappa shape index (κ3) is 3.35. The molecule has 1 aromatic rings. The Kier molecular flexibility index (Phi) is 4.78. The fourth-order valence-electron chi connectivity index (χ4n) is 1.42. The van der Waals surface area contributed by atoms with E-state index in [1.54, 1.807) is 20.1 Å². The van der Waals surface area contributed by atoms with Crippen LogP contribution in [0.2, 0.25) is 0 Å². The second kappa shape index (κ2) is 6.10. The maximum absolute atomic E-state index is 11.0. The molecular formula is C12H18N2O3. The van der Waals surface area contributed by atoms with Crippen LogP contribution in [0.1, 0.15) is 12.5 Å². The summed E-state index contributed by atoms with van der Waals surface area (Å²) in [6.07, 6.45) is -0.693. The molecule has 0 aromatic heterocycles. The number of hydrogen-bond donors (Lipinski definition) is 2. The van der Waals surface area contributed by atoms with Gasteiger partial charge in [0.1, 0.15) is 0 Å². The van der Waals surface area contributed by atoms with E-state index < -0.39 is 12.0 Å². The maximum Gasteiger partial charge on any atom is 0.258 e. The van der Waals surface area contributed by atoms with E-state index >= 15 is 0 Å². The SMILES string of the molecule is CNCc1cccc(OC)c1OC(C)C(N)=O. The first-order valence-electron chi connectivity index (χ1n) is 5.36. The number of hydrogen-bond acceptors (Lipinski definition) is 4. The van der Waals surface area contributed by atoms with E-state index in [2.05, 4.69) is 5.32 Å². The number of rotatable bonds is 6. The zero-order chi connectivity index (χ0) is 12.8. The van der Waals surface area contributed by atoms with Crippen LogP contribution in [0, 0.1) is 0 Å².